The molecule has 1 atom stereocenters. The van der Waals surface area contributed by atoms with Crippen molar-refractivity contribution in [3.8, 4) is 0 Å². The molecule has 2 aliphatic rings. The van der Waals surface area contributed by atoms with Crippen LogP contribution in [0.3, 0.4) is 0 Å². The first-order valence-electron chi connectivity index (χ1n) is 10.1. The predicted molar refractivity (Wildman–Crippen MR) is 110 cm³/mol. The summed E-state index contributed by atoms with van der Waals surface area (Å²) < 4.78 is 26.1. The Morgan fingerprint density at radius 3 is 2.67 bits per heavy atom. The highest BCUT2D eigenvalue weighted by Crippen LogP contribution is 2.25. The van der Waals surface area contributed by atoms with E-state index in [-0.39, 0.29) is 17.6 Å². The fourth-order valence-corrected chi connectivity index (χ4v) is 5.56. The summed E-state index contributed by atoms with van der Waals surface area (Å²) in [6.07, 6.45) is 5.76. The van der Waals surface area contributed by atoms with E-state index >= 15 is 0 Å². The Morgan fingerprint density at radius 1 is 1.15 bits per heavy atom. The summed E-state index contributed by atoms with van der Waals surface area (Å²) in [5.74, 6) is -0.217. The minimum absolute atomic E-state index is 0.0813. The fraction of sp³-hybridized carbons (Fsp3) is 0.650. The molecule has 0 saturated carbocycles. The number of sulfonamides is 1. The van der Waals surface area contributed by atoms with E-state index < -0.39 is 10.0 Å². The Labute approximate surface area is 163 Å². The molecule has 2 saturated heterocycles. The van der Waals surface area contributed by atoms with Crippen LogP contribution in [0.5, 0.6) is 0 Å². The van der Waals surface area contributed by atoms with Gasteiger partial charge in [-0.1, -0.05) is 13.0 Å². The van der Waals surface area contributed by atoms with E-state index in [0.29, 0.717) is 19.5 Å². The second-order valence-electron chi connectivity index (χ2n) is 7.60. The van der Waals surface area contributed by atoms with E-state index in [1.165, 1.54) is 23.6 Å². The van der Waals surface area contributed by atoms with Crippen molar-refractivity contribution in [1.29, 1.82) is 0 Å². The Kier molecular flexibility index (Phi) is 6.76. The van der Waals surface area contributed by atoms with E-state index in [2.05, 4.69) is 16.3 Å². The Balaban J connectivity index is 1.63. The van der Waals surface area contributed by atoms with Gasteiger partial charge in [0.2, 0.25) is 15.9 Å². The van der Waals surface area contributed by atoms with Crippen molar-refractivity contribution in [2.75, 3.05) is 42.1 Å². The molecule has 1 aromatic carbocycles. The molecule has 6 nitrogen and oxygen atoms in total. The van der Waals surface area contributed by atoms with E-state index in [4.69, 9.17) is 0 Å². The molecule has 0 radical (unpaired) electrons. The first-order valence-corrected chi connectivity index (χ1v) is 11.7. The molecule has 0 aromatic heterocycles. The number of benzene rings is 1. The third-order valence-corrected chi connectivity index (χ3v) is 7.49. The van der Waals surface area contributed by atoms with Crippen LogP contribution in [0.25, 0.3) is 0 Å². The Bertz CT molecular complexity index is 745. The van der Waals surface area contributed by atoms with Gasteiger partial charge in [0.25, 0.3) is 0 Å². The lowest BCUT2D eigenvalue weighted by molar-refractivity contribution is -0.120. The average Bonchev–Trinajstić information content (AvgIpc) is 2.69. The lowest BCUT2D eigenvalue weighted by Gasteiger charge is -2.31. The quantitative estimate of drug-likeness (QED) is 0.806. The maximum Gasteiger partial charge on any atom is 0.228 e. The summed E-state index contributed by atoms with van der Waals surface area (Å²) in [6, 6.07) is 7.98. The summed E-state index contributed by atoms with van der Waals surface area (Å²) in [5, 5.41) is 3.01. The molecule has 0 spiro atoms. The third-order valence-electron chi connectivity index (χ3n) is 5.45. The molecule has 2 fully saturated rings. The van der Waals surface area contributed by atoms with Crippen LogP contribution in [0.4, 0.5) is 11.4 Å². The monoisotopic (exact) mass is 393 g/mol. The van der Waals surface area contributed by atoms with Crippen LogP contribution in [-0.2, 0) is 14.8 Å². The van der Waals surface area contributed by atoms with Gasteiger partial charge in [-0.3, -0.25) is 4.79 Å². The lowest BCUT2D eigenvalue weighted by atomic mass is 9.98. The van der Waals surface area contributed by atoms with Gasteiger partial charge in [0.15, 0.2) is 0 Å². The maximum absolute atomic E-state index is 12.7. The van der Waals surface area contributed by atoms with Crippen molar-refractivity contribution >= 4 is 27.3 Å². The van der Waals surface area contributed by atoms with Crippen molar-refractivity contribution in [2.45, 2.75) is 45.4 Å². The molecule has 2 aliphatic heterocycles. The number of anilines is 2. The second kappa shape index (κ2) is 9.06. The van der Waals surface area contributed by atoms with Crippen LogP contribution in [0, 0.1) is 5.92 Å². The number of amides is 1. The Morgan fingerprint density at radius 2 is 1.93 bits per heavy atom. The third kappa shape index (κ3) is 5.23. The zero-order valence-corrected chi connectivity index (χ0v) is 17.0. The van der Waals surface area contributed by atoms with Gasteiger partial charge < -0.3 is 10.2 Å². The topological polar surface area (TPSA) is 69.7 Å². The zero-order chi connectivity index (χ0) is 19.3. The highest BCUT2D eigenvalue weighted by Gasteiger charge is 2.31. The number of nitrogens with zero attached hydrogens (tertiary/aromatic N) is 2. The molecule has 27 heavy (non-hydrogen) atoms. The molecule has 3 rings (SSSR count). The molecule has 0 aliphatic carbocycles. The van der Waals surface area contributed by atoms with Gasteiger partial charge in [0.1, 0.15) is 0 Å². The highest BCUT2D eigenvalue weighted by molar-refractivity contribution is 7.89. The van der Waals surface area contributed by atoms with Crippen LogP contribution in [0.15, 0.2) is 24.3 Å². The van der Waals surface area contributed by atoms with E-state index in [1.54, 1.807) is 0 Å². The van der Waals surface area contributed by atoms with Crippen molar-refractivity contribution in [2.24, 2.45) is 5.92 Å². The summed E-state index contributed by atoms with van der Waals surface area (Å²) in [4.78, 5) is 15.1. The largest absolute Gasteiger partial charge is 0.371 e. The Hall–Kier alpha value is -1.60. The number of carbonyl (C=O) groups excluding carboxylic acids is 1. The molecule has 0 bridgehead atoms. The summed E-state index contributed by atoms with van der Waals surface area (Å²) >= 11 is 0. The lowest BCUT2D eigenvalue weighted by Crippen LogP contribution is -2.44. The van der Waals surface area contributed by atoms with Crippen molar-refractivity contribution in [3.05, 3.63) is 24.3 Å². The van der Waals surface area contributed by atoms with E-state index in [1.807, 2.05) is 25.1 Å². The molecule has 1 N–H and O–H groups in total. The van der Waals surface area contributed by atoms with Crippen LogP contribution >= 0.6 is 0 Å². The molecular formula is C20H31N3O3S. The number of nitrogens with one attached hydrogen (secondary N) is 1. The van der Waals surface area contributed by atoms with Crippen molar-refractivity contribution < 1.29 is 13.2 Å². The molecular weight excluding hydrogens is 362 g/mol. The number of rotatable bonds is 6. The standard InChI is InChI=1S/C20H31N3O3S/c1-2-14-27(25,26)23-13-7-8-17(16-23)20(24)21-18-9-6-10-19(15-18)22-11-4-3-5-12-22/h6,9-10,15,17H,2-5,7-8,11-14,16H2,1H3,(H,21,24). The van der Waals surface area contributed by atoms with Crippen molar-refractivity contribution in [3.63, 3.8) is 0 Å². The summed E-state index contributed by atoms with van der Waals surface area (Å²) in [6.45, 7) is 4.80. The first kappa shape index (κ1) is 20.1. The molecule has 2 heterocycles. The predicted octanol–water partition coefficient (Wildman–Crippen LogP) is 3.07. The van der Waals surface area contributed by atoms with E-state index in [9.17, 15) is 13.2 Å². The molecule has 7 heteroatoms. The van der Waals surface area contributed by atoms with Gasteiger partial charge in [-0.2, -0.15) is 0 Å². The van der Waals surface area contributed by atoms with Crippen LogP contribution in [-0.4, -0.2) is 50.6 Å². The second-order valence-corrected chi connectivity index (χ2v) is 9.69. The first-order chi connectivity index (χ1) is 13.0. The minimum Gasteiger partial charge on any atom is -0.371 e. The fourth-order valence-electron chi connectivity index (χ4n) is 3.97. The normalized spacial score (nSPS) is 21.8. The number of hydrogen-bond acceptors (Lipinski definition) is 4. The van der Waals surface area contributed by atoms with Gasteiger partial charge in [-0.25, -0.2) is 12.7 Å². The van der Waals surface area contributed by atoms with Crippen LogP contribution in [0.1, 0.15) is 45.4 Å². The van der Waals surface area contributed by atoms with Crippen LogP contribution in [0.2, 0.25) is 0 Å². The van der Waals surface area contributed by atoms with Gasteiger partial charge in [0.05, 0.1) is 11.7 Å². The van der Waals surface area contributed by atoms with Gasteiger partial charge >= 0.3 is 0 Å². The minimum atomic E-state index is -3.25. The summed E-state index contributed by atoms with van der Waals surface area (Å²) in [5.41, 5.74) is 1.93. The average molecular weight is 394 g/mol. The SMILES string of the molecule is CCCS(=O)(=O)N1CCCC(C(=O)Nc2cccc(N3CCCCC3)c2)C1. The van der Waals surface area contributed by atoms with Gasteiger partial charge in [-0.15, -0.1) is 0 Å². The van der Waals surface area contributed by atoms with Gasteiger partial charge in [-0.05, 0) is 56.7 Å². The van der Waals surface area contributed by atoms with Gasteiger partial charge in [0, 0.05) is 37.6 Å². The highest BCUT2D eigenvalue weighted by atomic mass is 32.2. The molecule has 1 unspecified atom stereocenters. The number of piperidine rings is 2. The van der Waals surface area contributed by atoms with Crippen LogP contribution < -0.4 is 10.2 Å². The molecule has 150 valence electrons. The summed E-state index contributed by atoms with van der Waals surface area (Å²) in [7, 11) is -3.25. The van der Waals surface area contributed by atoms with E-state index in [0.717, 1.165) is 37.3 Å². The zero-order valence-electron chi connectivity index (χ0n) is 16.2. The molecule has 1 amide bonds. The maximum atomic E-state index is 12.7. The number of carbonyl (C=O) groups is 1. The number of hydrogen-bond donors (Lipinski definition) is 1. The smallest absolute Gasteiger partial charge is 0.228 e. The van der Waals surface area contributed by atoms with Crippen molar-refractivity contribution in [1.82, 2.24) is 4.31 Å². The molecule has 1 aromatic rings.